The van der Waals surface area contributed by atoms with E-state index in [0.29, 0.717) is 0 Å². The average molecular weight is 308 g/mol. The van der Waals surface area contributed by atoms with Crippen LogP contribution < -0.4 is 0 Å². The fraction of sp³-hybridized carbons (Fsp3) is 0.647. The molecule has 0 bridgehead atoms. The zero-order valence-corrected chi connectivity index (χ0v) is 13.9. The summed E-state index contributed by atoms with van der Waals surface area (Å²) in [6.07, 6.45) is 8.80. The number of nitriles is 1. The van der Waals surface area contributed by atoms with Gasteiger partial charge in [-0.2, -0.15) is 5.26 Å². The lowest BCUT2D eigenvalue weighted by Gasteiger charge is -2.19. The quantitative estimate of drug-likeness (QED) is 0.275. The summed E-state index contributed by atoms with van der Waals surface area (Å²) in [5.41, 5.74) is -0.0668. The van der Waals surface area contributed by atoms with Gasteiger partial charge in [0.15, 0.2) is 0 Å². The van der Waals surface area contributed by atoms with Gasteiger partial charge in [0.25, 0.3) is 0 Å². The number of hydrogen-bond donors (Lipinski definition) is 1. The molecule has 0 saturated carbocycles. The zero-order valence-electron chi connectivity index (χ0n) is 13.9. The Morgan fingerprint density at radius 2 is 1.91 bits per heavy atom. The molecule has 0 aliphatic heterocycles. The van der Waals surface area contributed by atoms with Crippen LogP contribution in [0.1, 0.15) is 46.5 Å². The maximum absolute atomic E-state index is 11.6. The molecule has 5 heteroatoms. The van der Waals surface area contributed by atoms with Crippen LogP contribution in [0.3, 0.4) is 0 Å². The highest BCUT2D eigenvalue weighted by molar-refractivity contribution is 5.93. The smallest absolute Gasteiger partial charge is 0.348 e. The second-order valence-corrected chi connectivity index (χ2v) is 5.22. The van der Waals surface area contributed by atoms with E-state index in [1.165, 1.54) is 13.0 Å². The van der Waals surface area contributed by atoms with Gasteiger partial charge in [-0.15, -0.1) is 0 Å². The molecule has 1 atom stereocenters. The lowest BCUT2D eigenvalue weighted by atomic mass is 10.2. The Bertz CT molecular complexity index is 401. The van der Waals surface area contributed by atoms with Crippen molar-refractivity contribution >= 4 is 5.97 Å². The fourth-order valence-electron chi connectivity index (χ4n) is 1.67. The van der Waals surface area contributed by atoms with Crippen LogP contribution >= 0.6 is 0 Å². The van der Waals surface area contributed by atoms with Crippen LogP contribution in [0.15, 0.2) is 23.9 Å². The number of esters is 1. The Hall–Kier alpha value is -1.80. The van der Waals surface area contributed by atoms with Crippen molar-refractivity contribution in [2.75, 3.05) is 19.7 Å². The lowest BCUT2D eigenvalue weighted by Crippen LogP contribution is -2.19. The van der Waals surface area contributed by atoms with E-state index in [9.17, 15) is 4.79 Å². The number of unbranched alkanes of at least 4 members (excludes halogenated alkanes) is 2. The molecule has 0 spiro atoms. The van der Waals surface area contributed by atoms with Gasteiger partial charge in [0.2, 0.25) is 0 Å². The Morgan fingerprint density at radius 1 is 1.32 bits per heavy atom. The molecule has 1 unspecified atom stereocenters. The number of carbonyl (C=O) groups excluding carboxylic acids is 1. The van der Waals surface area contributed by atoms with Crippen LogP contribution in [0.2, 0.25) is 0 Å². The topological polar surface area (TPSA) is 73.6 Å². The van der Waals surface area contributed by atoms with Crippen LogP contribution in [-0.2, 0) is 9.53 Å². The van der Waals surface area contributed by atoms with Crippen LogP contribution in [0.5, 0.6) is 0 Å². The molecule has 0 amide bonds. The highest BCUT2D eigenvalue weighted by Crippen LogP contribution is 2.02. The van der Waals surface area contributed by atoms with Crippen molar-refractivity contribution in [2.45, 2.75) is 52.6 Å². The molecule has 5 nitrogen and oxygen atoms in total. The lowest BCUT2D eigenvalue weighted by molar-refractivity contribution is -0.141. The normalized spacial score (nSPS) is 13.0. The molecule has 124 valence electrons. The molecule has 0 rings (SSSR count). The summed E-state index contributed by atoms with van der Waals surface area (Å²) in [5, 5.41) is 18.0. The van der Waals surface area contributed by atoms with Crippen molar-refractivity contribution in [1.29, 1.82) is 5.26 Å². The van der Waals surface area contributed by atoms with Crippen molar-refractivity contribution < 1.29 is 14.6 Å². The Morgan fingerprint density at radius 3 is 2.36 bits per heavy atom. The first-order valence-electron chi connectivity index (χ1n) is 7.92. The molecule has 0 aliphatic rings. The van der Waals surface area contributed by atoms with Gasteiger partial charge in [0.1, 0.15) is 18.2 Å². The van der Waals surface area contributed by atoms with E-state index in [4.69, 9.17) is 15.1 Å². The maximum atomic E-state index is 11.6. The largest absolute Gasteiger partial charge is 0.459 e. The molecule has 0 aliphatic carbocycles. The molecule has 0 aromatic heterocycles. The highest BCUT2D eigenvalue weighted by Gasteiger charge is 2.10. The molecular formula is C17H28N2O3. The van der Waals surface area contributed by atoms with Crippen LogP contribution in [0, 0.1) is 11.3 Å². The Labute approximate surface area is 133 Å². The summed E-state index contributed by atoms with van der Waals surface area (Å²) < 4.78 is 4.82. The van der Waals surface area contributed by atoms with E-state index >= 15 is 0 Å². The molecule has 22 heavy (non-hydrogen) atoms. The van der Waals surface area contributed by atoms with Gasteiger partial charge in [-0.25, -0.2) is 4.79 Å². The first-order valence-corrected chi connectivity index (χ1v) is 7.92. The summed E-state index contributed by atoms with van der Waals surface area (Å²) in [6.45, 7) is 7.63. The molecule has 0 fully saturated rings. The Balaban J connectivity index is 4.61. The van der Waals surface area contributed by atoms with Gasteiger partial charge in [0, 0.05) is 13.1 Å². The van der Waals surface area contributed by atoms with Crippen molar-refractivity contribution in [3.05, 3.63) is 23.9 Å². The third-order valence-electron chi connectivity index (χ3n) is 2.95. The molecule has 0 aromatic rings. The number of allylic oxidation sites excluding steroid dienone is 2. The van der Waals surface area contributed by atoms with Gasteiger partial charge in [-0.3, -0.25) is 0 Å². The van der Waals surface area contributed by atoms with Gasteiger partial charge in [-0.1, -0.05) is 26.7 Å². The summed E-state index contributed by atoms with van der Waals surface area (Å²) >= 11 is 0. The number of carbonyl (C=O) groups is 1. The van der Waals surface area contributed by atoms with Crippen LogP contribution in [0.4, 0.5) is 0 Å². The van der Waals surface area contributed by atoms with Crippen LogP contribution in [0.25, 0.3) is 0 Å². The SMILES string of the molecule is CCCCN(/C=C/C=C(\C#N)C(=O)OCC(C)O)CCCC. The summed E-state index contributed by atoms with van der Waals surface area (Å²) in [5.74, 6) is -0.707. The van der Waals surface area contributed by atoms with E-state index < -0.39 is 12.1 Å². The molecule has 0 saturated heterocycles. The van der Waals surface area contributed by atoms with E-state index in [2.05, 4.69) is 18.7 Å². The van der Waals surface area contributed by atoms with Gasteiger partial charge in [-0.05, 0) is 38.1 Å². The predicted octanol–water partition coefficient (Wildman–Crippen LogP) is 2.78. The van der Waals surface area contributed by atoms with Crippen molar-refractivity contribution in [3.8, 4) is 6.07 Å². The number of aliphatic hydroxyl groups excluding tert-OH is 1. The second-order valence-electron chi connectivity index (χ2n) is 5.22. The third-order valence-corrected chi connectivity index (χ3v) is 2.95. The van der Waals surface area contributed by atoms with E-state index in [1.807, 2.05) is 12.3 Å². The van der Waals surface area contributed by atoms with Gasteiger partial charge >= 0.3 is 5.97 Å². The Kier molecular flexibility index (Phi) is 11.8. The molecular weight excluding hydrogens is 280 g/mol. The first kappa shape index (κ1) is 20.2. The monoisotopic (exact) mass is 308 g/mol. The predicted molar refractivity (Wildman–Crippen MR) is 86.9 cm³/mol. The number of nitrogens with zero attached hydrogens (tertiary/aromatic N) is 2. The van der Waals surface area contributed by atoms with E-state index in [-0.39, 0.29) is 12.2 Å². The highest BCUT2D eigenvalue weighted by atomic mass is 16.5. The minimum Gasteiger partial charge on any atom is -0.459 e. The number of aliphatic hydroxyl groups is 1. The van der Waals surface area contributed by atoms with E-state index in [0.717, 1.165) is 38.8 Å². The van der Waals surface area contributed by atoms with Crippen molar-refractivity contribution in [2.24, 2.45) is 0 Å². The van der Waals surface area contributed by atoms with Crippen molar-refractivity contribution in [1.82, 2.24) is 4.90 Å². The number of rotatable bonds is 11. The summed E-state index contributed by atoms with van der Waals surface area (Å²) in [6, 6.07) is 1.82. The summed E-state index contributed by atoms with van der Waals surface area (Å²) in [7, 11) is 0. The summed E-state index contributed by atoms with van der Waals surface area (Å²) in [4.78, 5) is 13.8. The van der Waals surface area contributed by atoms with Gasteiger partial charge in [0.05, 0.1) is 6.10 Å². The van der Waals surface area contributed by atoms with E-state index in [1.54, 1.807) is 6.08 Å². The minimum absolute atomic E-state index is 0.0668. The molecule has 0 aromatic carbocycles. The third kappa shape index (κ3) is 10.0. The zero-order chi connectivity index (χ0) is 16.8. The molecule has 1 N–H and O–H groups in total. The number of ether oxygens (including phenoxy) is 1. The van der Waals surface area contributed by atoms with Gasteiger partial charge < -0.3 is 14.7 Å². The molecule has 0 radical (unpaired) electrons. The second kappa shape index (κ2) is 12.9. The fourth-order valence-corrected chi connectivity index (χ4v) is 1.67. The average Bonchev–Trinajstić information content (AvgIpc) is 2.51. The standard InChI is InChI=1S/C17H28N2O3/c1-4-6-10-19(11-7-5-2)12-8-9-16(13-18)17(21)22-14-15(3)20/h8-9,12,15,20H,4-7,10-11,14H2,1-3H3/b12-8+,16-9+. The minimum atomic E-state index is -0.738. The number of hydrogen-bond acceptors (Lipinski definition) is 5. The first-order chi connectivity index (χ1) is 10.5. The maximum Gasteiger partial charge on any atom is 0.348 e. The van der Waals surface area contributed by atoms with Crippen LogP contribution in [-0.4, -0.2) is 41.8 Å². The molecule has 0 heterocycles. The van der Waals surface area contributed by atoms with Crippen molar-refractivity contribution in [3.63, 3.8) is 0 Å².